The summed E-state index contributed by atoms with van der Waals surface area (Å²) in [5, 5.41) is 1.95. The molecule has 3 aromatic rings. The van der Waals surface area contributed by atoms with Crippen LogP contribution in [0.25, 0.3) is 21.9 Å². The maximum atomic E-state index is 13.3. The van der Waals surface area contributed by atoms with Gasteiger partial charge in [0.05, 0.1) is 12.1 Å². The molecule has 0 amide bonds. The van der Waals surface area contributed by atoms with Gasteiger partial charge in [-0.25, -0.2) is 14.2 Å². The molecule has 0 bridgehead atoms. The van der Waals surface area contributed by atoms with E-state index in [1.54, 1.807) is 37.4 Å². The standard InChI is InChI=1S/C19H14Cl2FNO3/c1-10(19(24)25-2)26-12-4-6-13-15(8-12)18(21)23-9-16(13)14-5-3-11(22)7-17(14)20/h3-10H,1-2H3/t10-/m0/s1. The van der Waals surface area contributed by atoms with Gasteiger partial charge in [0.25, 0.3) is 0 Å². The van der Waals surface area contributed by atoms with Gasteiger partial charge < -0.3 is 9.47 Å². The van der Waals surface area contributed by atoms with Crippen molar-refractivity contribution in [1.82, 2.24) is 4.98 Å². The van der Waals surface area contributed by atoms with Crippen molar-refractivity contribution in [2.75, 3.05) is 7.11 Å². The van der Waals surface area contributed by atoms with Crippen LogP contribution < -0.4 is 4.74 Å². The van der Waals surface area contributed by atoms with Crippen molar-refractivity contribution < 1.29 is 18.7 Å². The average Bonchev–Trinajstić information content (AvgIpc) is 2.62. The van der Waals surface area contributed by atoms with Crippen molar-refractivity contribution in [2.24, 2.45) is 0 Å². The molecule has 0 N–H and O–H groups in total. The molecule has 0 aliphatic rings. The van der Waals surface area contributed by atoms with Crippen molar-refractivity contribution in [3.8, 4) is 16.9 Å². The van der Waals surface area contributed by atoms with Gasteiger partial charge in [0.2, 0.25) is 0 Å². The third kappa shape index (κ3) is 3.59. The first-order valence-electron chi connectivity index (χ1n) is 7.69. The molecule has 0 aliphatic carbocycles. The fraction of sp³-hybridized carbons (Fsp3) is 0.158. The Bertz CT molecular complexity index is 994. The number of carbonyl (C=O) groups is 1. The molecule has 0 radical (unpaired) electrons. The lowest BCUT2D eigenvalue weighted by Gasteiger charge is -2.14. The highest BCUT2D eigenvalue weighted by Gasteiger charge is 2.17. The predicted octanol–water partition coefficient (Wildman–Crippen LogP) is 5.29. The fourth-order valence-corrected chi connectivity index (χ4v) is 3.08. The van der Waals surface area contributed by atoms with Crippen LogP contribution in [0, 0.1) is 5.82 Å². The Morgan fingerprint density at radius 2 is 1.88 bits per heavy atom. The van der Waals surface area contributed by atoms with Crippen molar-refractivity contribution in [3.05, 3.63) is 58.6 Å². The van der Waals surface area contributed by atoms with Crippen molar-refractivity contribution in [1.29, 1.82) is 0 Å². The van der Waals surface area contributed by atoms with Gasteiger partial charge in [0.1, 0.15) is 16.7 Å². The van der Waals surface area contributed by atoms with Gasteiger partial charge in [-0.05, 0) is 48.7 Å². The van der Waals surface area contributed by atoms with E-state index >= 15 is 0 Å². The van der Waals surface area contributed by atoms with Gasteiger partial charge in [-0.2, -0.15) is 0 Å². The molecule has 4 nitrogen and oxygen atoms in total. The van der Waals surface area contributed by atoms with Crippen molar-refractivity contribution in [2.45, 2.75) is 13.0 Å². The zero-order valence-corrected chi connectivity index (χ0v) is 15.4. The van der Waals surface area contributed by atoms with Gasteiger partial charge in [-0.15, -0.1) is 0 Å². The average molecular weight is 394 g/mol. The minimum Gasteiger partial charge on any atom is -0.479 e. The zero-order chi connectivity index (χ0) is 18.8. The van der Waals surface area contributed by atoms with E-state index in [1.165, 1.54) is 19.2 Å². The molecule has 134 valence electrons. The Balaban J connectivity index is 2.08. The first kappa shape index (κ1) is 18.4. The SMILES string of the molecule is COC(=O)[C@H](C)Oc1ccc2c(-c3ccc(F)cc3Cl)cnc(Cl)c2c1. The van der Waals surface area contributed by atoms with E-state index in [1.807, 2.05) is 0 Å². The van der Waals surface area contributed by atoms with E-state index in [0.717, 1.165) is 5.39 Å². The van der Waals surface area contributed by atoms with E-state index in [4.69, 9.17) is 27.9 Å². The van der Waals surface area contributed by atoms with Gasteiger partial charge in [0, 0.05) is 22.7 Å². The maximum absolute atomic E-state index is 13.3. The number of nitrogens with zero attached hydrogens (tertiary/aromatic N) is 1. The molecular formula is C19H14Cl2FNO3. The topological polar surface area (TPSA) is 48.4 Å². The Morgan fingerprint density at radius 1 is 1.12 bits per heavy atom. The third-order valence-electron chi connectivity index (χ3n) is 3.88. The second-order valence-corrected chi connectivity index (χ2v) is 6.34. The molecule has 0 unspecified atom stereocenters. The van der Waals surface area contributed by atoms with E-state index in [2.05, 4.69) is 9.72 Å². The summed E-state index contributed by atoms with van der Waals surface area (Å²) in [5.74, 6) is -0.458. The van der Waals surface area contributed by atoms with Gasteiger partial charge in [-0.3, -0.25) is 0 Å². The number of ether oxygens (including phenoxy) is 2. The minimum absolute atomic E-state index is 0.273. The number of fused-ring (bicyclic) bond motifs is 1. The van der Waals surface area contributed by atoms with Crippen LogP contribution >= 0.6 is 23.2 Å². The summed E-state index contributed by atoms with van der Waals surface area (Å²) in [6, 6.07) is 9.34. The molecule has 0 aliphatic heterocycles. The number of rotatable bonds is 4. The molecule has 0 fully saturated rings. The lowest BCUT2D eigenvalue weighted by Crippen LogP contribution is -2.24. The summed E-state index contributed by atoms with van der Waals surface area (Å²) in [4.78, 5) is 15.7. The molecule has 0 spiro atoms. The van der Waals surface area contributed by atoms with E-state index in [0.29, 0.717) is 22.3 Å². The maximum Gasteiger partial charge on any atom is 0.346 e. The van der Waals surface area contributed by atoms with Crippen LogP contribution in [0.15, 0.2) is 42.6 Å². The van der Waals surface area contributed by atoms with Crippen molar-refractivity contribution in [3.63, 3.8) is 0 Å². The highest BCUT2D eigenvalue weighted by atomic mass is 35.5. The van der Waals surface area contributed by atoms with Crippen LogP contribution in [0.4, 0.5) is 4.39 Å². The highest BCUT2D eigenvalue weighted by Crippen LogP contribution is 2.37. The van der Waals surface area contributed by atoms with Crippen LogP contribution in [0.2, 0.25) is 10.2 Å². The number of halogens is 3. The smallest absolute Gasteiger partial charge is 0.346 e. The quantitative estimate of drug-likeness (QED) is 0.446. The number of aromatic nitrogens is 1. The monoisotopic (exact) mass is 393 g/mol. The number of esters is 1. The molecular weight excluding hydrogens is 380 g/mol. The van der Waals surface area contributed by atoms with Crippen LogP contribution in [-0.2, 0) is 9.53 Å². The van der Waals surface area contributed by atoms with Gasteiger partial charge >= 0.3 is 5.97 Å². The van der Waals surface area contributed by atoms with Crippen LogP contribution in [0.1, 0.15) is 6.92 Å². The summed E-state index contributed by atoms with van der Waals surface area (Å²) in [6.07, 6.45) is 0.820. The molecule has 7 heteroatoms. The molecule has 1 atom stereocenters. The van der Waals surface area contributed by atoms with E-state index < -0.39 is 17.9 Å². The third-order valence-corrected chi connectivity index (χ3v) is 4.49. The number of hydrogen-bond acceptors (Lipinski definition) is 4. The number of benzene rings is 2. The zero-order valence-electron chi connectivity index (χ0n) is 13.9. The number of methoxy groups -OCH3 is 1. The molecule has 0 saturated carbocycles. The Labute approximate surface area is 159 Å². The van der Waals surface area contributed by atoms with E-state index in [-0.39, 0.29) is 10.2 Å². The lowest BCUT2D eigenvalue weighted by atomic mass is 10.0. The molecule has 2 aromatic carbocycles. The highest BCUT2D eigenvalue weighted by molar-refractivity contribution is 6.36. The van der Waals surface area contributed by atoms with Crippen LogP contribution in [0.3, 0.4) is 0 Å². The Hall–Kier alpha value is -2.37. The normalized spacial score (nSPS) is 12.0. The van der Waals surface area contributed by atoms with Gasteiger partial charge in [0.15, 0.2) is 6.10 Å². The largest absolute Gasteiger partial charge is 0.479 e. The summed E-state index contributed by atoms with van der Waals surface area (Å²) >= 11 is 12.4. The molecule has 1 heterocycles. The summed E-state index contributed by atoms with van der Waals surface area (Å²) in [7, 11) is 1.29. The number of pyridine rings is 1. The first-order valence-corrected chi connectivity index (χ1v) is 8.44. The lowest BCUT2D eigenvalue weighted by molar-refractivity contribution is -0.147. The van der Waals surface area contributed by atoms with E-state index in [9.17, 15) is 9.18 Å². The fourth-order valence-electron chi connectivity index (χ4n) is 2.60. The molecule has 1 aromatic heterocycles. The van der Waals surface area contributed by atoms with Crippen molar-refractivity contribution >= 4 is 39.9 Å². The summed E-state index contributed by atoms with van der Waals surface area (Å²) in [5.41, 5.74) is 1.35. The predicted molar refractivity (Wildman–Crippen MR) is 99.3 cm³/mol. The van der Waals surface area contributed by atoms with Crippen LogP contribution in [-0.4, -0.2) is 24.2 Å². The molecule has 26 heavy (non-hydrogen) atoms. The second-order valence-electron chi connectivity index (χ2n) is 5.58. The number of carbonyl (C=O) groups excluding carboxylic acids is 1. The summed E-state index contributed by atoms with van der Waals surface area (Å²) < 4.78 is 23.6. The molecule has 3 rings (SSSR count). The molecule has 0 saturated heterocycles. The summed E-state index contributed by atoms with van der Waals surface area (Å²) in [6.45, 7) is 1.59. The number of hydrogen-bond donors (Lipinski definition) is 0. The van der Waals surface area contributed by atoms with Gasteiger partial charge in [-0.1, -0.05) is 23.2 Å². The second kappa shape index (κ2) is 7.48. The Kier molecular flexibility index (Phi) is 5.30. The Morgan fingerprint density at radius 3 is 2.58 bits per heavy atom. The first-order chi connectivity index (χ1) is 12.4. The van der Waals surface area contributed by atoms with Crippen LogP contribution in [0.5, 0.6) is 5.75 Å². The minimum atomic E-state index is -0.765.